The molecular weight excluding hydrogens is 402 g/mol. The van der Waals surface area contributed by atoms with Gasteiger partial charge in [-0.25, -0.2) is 9.97 Å². The summed E-state index contributed by atoms with van der Waals surface area (Å²) in [5, 5.41) is 7.54. The molecule has 3 N–H and O–H groups in total. The number of nitrogen functional groups attached to an aromatic ring is 1. The molecule has 0 saturated carbocycles. The number of fused-ring (bicyclic) bond motifs is 1. The summed E-state index contributed by atoms with van der Waals surface area (Å²) in [6.07, 6.45) is 0. The van der Waals surface area contributed by atoms with Gasteiger partial charge in [0.05, 0.1) is 18.0 Å². The Morgan fingerprint density at radius 1 is 1.27 bits per heavy atom. The molecule has 0 aromatic carbocycles. The Morgan fingerprint density at radius 3 is 2.67 bits per heavy atom. The Hall–Kier alpha value is -2.56. The molecule has 30 heavy (non-hydrogen) atoms. The van der Waals surface area contributed by atoms with E-state index in [9.17, 15) is 4.79 Å². The fraction of sp³-hybridized carbons (Fsp3) is 0.500. The summed E-state index contributed by atoms with van der Waals surface area (Å²) >= 11 is 1.67. The molecular formula is C20H27N7O2S. The van der Waals surface area contributed by atoms with Crippen molar-refractivity contribution in [1.29, 1.82) is 0 Å². The number of carbonyl (C=O) groups is 1. The first-order valence-electron chi connectivity index (χ1n) is 10.0. The molecule has 0 radical (unpaired) electrons. The van der Waals surface area contributed by atoms with E-state index in [1.54, 1.807) is 24.3 Å². The van der Waals surface area contributed by atoms with Crippen molar-refractivity contribution in [1.82, 2.24) is 24.9 Å². The zero-order chi connectivity index (χ0) is 21.4. The number of rotatable bonds is 5. The maximum Gasteiger partial charge on any atom is 0.239 e. The van der Waals surface area contributed by atoms with Crippen molar-refractivity contribution < 1.29 is 9.32 Å². The minimum absolute atomic E-state index is 0.0634. The zero-order valence-corrected chi connectivity index (χ0v) is 18.5. The molecule has 4 rings (SSSR count). The number of aromatic nitrogens is 3. The molecule has 3 aromatic heterocycles. The molecule has 0 spiro atoms. The van der Waals surface area contributed by atoms with Gasteiger partial charge in [0.25, 0.3) is 0 Å². The third kappa shape index (κ3) is 4.16. The average Bonchev–Trinajstić information content (AvgIpc) is 3.24. The summed E-state index contributed by atoms with van der Waals surface area (Å²) in [5.74, 6) is 2.35. The second-order valence-electron chi connectivity index (χ2n) is 7.79. The molecule has 1 unspecified atom stereocenters. The number of aryl methyl sites for hydroxylation is 3. The molecule has 1 amide bonds. The molecule has 9 nitrogen and oxygen atoms in total. The van der Waals surface area contributed by atoms with Gasteiger partial charge in [-0.05, 0) is 33.3 Å². The van der Waals surface area contributed by atoms with Gasteiger partial charge < -0.3 is 15.6 Å². The quantitative estimate of drug-likeness (QED) is 0.636. The summed E-state index contributed by atoms with van der Waals surface area (Å²) in [7, 11) is 0. The van der Waals surface area contributed by atoms with Crippen molar-refractivity contribution in [3.63, 3.8) is 0 Å². The van der Waals surface area contributed by atoms with E-state index in [4.69, 9.17) is 15.2 Å². The average molecular weight is 430 g/mol. The van der Waals surface area contributed by atoms with Gasteiger partial charge in [0, 0.05) is 37.1 Å². The maximum atomic E-state index is 12.2. The first kappa shape index (κ1) is 20.7. The Bertz CT molecular complexity index is 1070. The van der Waals surface area contributed by atoms with Crippen molar-refractivity contribution in [2.75, 3.05) is 43.8 Å². The third-order valence-corrected chi connectivity index (χ3v) is 6.77. The van der Waals surface area contributed by atoms with Crippen LogP contribution in [0.15, 0.2) is 10.6 Å². The van der Waals surface area contributed by atoms with Gasteiger partial charge in [-0.15, -0.1) is 11.3 Å². The van der Waals surface area contributed by atoms with Crippen LogP contribution in [0.1, 0.15) is 35.0 Å². The fourth-order valence-electron chi connectivity index (χ4n) is 3.77. The topological polar surface area (TPSA) is 113 Å². The lowest BCUT2D eigenvalue weighted by Gasteiger charge is -2.37. The zero-order valence-electron chi connectivity index (χ0n) is 17.7. The lowest BCUT2D eigenvalue weighted by atomic mass is 10.2. The number of nitrogens with two attached hydrogens (primary N) is 1. The van der Waals surface area contributed by atoms with Crippen LogP contribution in [0.4, 0.5) is 11.6 Å². The third-order valence-electron chi connectivity index (χ3n) is 5.66. The van der Waals surface area contributed by atoms with Crippen LogP contribution in [0.5, 0.6) is 0 Å². The predicted octanol–water partition coefficient (Wildman–Crippen LogP) is 2.50. The van der Waals surface area contributed by atoms with Gasteiger partial charge in [-0.3, -0.25) is 14.6 Å². The first-order chi connectivity index (χ1) is 14.3. The Labute approximate surface area is 179 Å². The molecule has 1 atom stereocenters. The van der Waals surface area contributed by atoms with Crippen molar-refractivity contribution in [3.8, 4) is 0 Å². The molecule has 0 aliphatic carbocycles. The minimum atomic E-state index is -0.0882. The molecule has 3 aromatic rings. The Morgan fingerprint density at radius 2 is 2.00 bits per heavy atom. The molecule has 1 saturated heterocycles. The molecule has 1 aliphatic rings. The number of hydrogen-bond donors (Lipinski definition) is 2. The second-order valence-corrected chi connectivity index (χ2v) is 8.99. The number of piperazine rings is 1. The Balaban J connectivity index is 1.35. The van der Waals surface area contributed by atoms with E-state index in [1.165, 1.54) is 10.4 Å². The maximum absolute atomic E-state index is 12.2. The van der Waals surface area contributed by atoms with Gasteiger partial charge in [-0.1, -0.05) is 5.16 Å². The summed E-state index contributed by atoms with van der Waals surface area (Å²) in [6, 6.07) is 1.77. The molecule has 1 fully saturated rings. The summed E-state index contributed by atoms with van der Waals surface area (Å²) in [4.78, 5) is 28.3. The van der Waals surface area contributed by atoms with Crippen molar-refractivity contribution in [2.24, 2.45) is 0 Å². The lowest BCUT2D eigenvalue weighted by molar-refractivity contribution is -0.117. The van der Waals surface area contributed by atoms with E-state index in [2.05, 4.69) is 46.0 Å². The highest BCUT2D eigenvalue weighted by Crippen LogP contribution is 2.33. The normalized spacial score (nSPS) is 16.8. The molecule has 160 valence electrons. The number of hydrogen-bond acceptors (Lipinski definition) is 9. The van der Waals surface area contributed by atoms with E-state index in [0.717, 1.165) is 42.2 Å². The number of thiophene rings is 1. The van der Waals surface area contributed by atoms with Crippen LogP contribution in [0.2, 0.25) is 0 Å². The van der Waals surface area contributed by atoms with Crippen LogP contribution < -0.4 is 11.1 Å². The highest BCUT2D eigenvalue weighted by Gasteiger charge is 2.26. The van der Waals surface area contributed by atoms with E-state index in [0.29, 0.717) is 23.9 Å². The van der Waals surface area contributed by atoms with Crippen molar-refractivity contribution in [3.05, 3.63) is 28.1 Å². The molecule has 4 heterocycles. The van der Waals surface area contributed by atoms with E-state index in [1.807, 2.05) is 0 Å². The first-order valence-corrected chi connectivity index (χ1v) is 10.9. The van der Waals surface area contributed by atoms with E-state index in [-0.39, 0.29) is 11.9 Å². The standard InChI is InChI=1S/C20H27N7O2S/c1-11-9-15(25-29-11)22-16(28)10-26-5-7-27(8-6-26)13(3)19-23-18(21)17-12(2)14(4)30-20(17)24-19/h9,13H,5-8,10H2,1-4H3,(H2,21,23,24)(H,22,25,28). The highest BCUT2D eigenvalue weighted by molar-refractivity contribution is 7.18. The van der Waals surface area contributed by atoms with Gasteiger partial charge in [0.1, 0.15) is 22.2 Å². The number of amides is 1. The van der Waals surface area contributed by atoms with E-state index < -0.39 is 0 Å². The highest BCUT2D eigenvalue weighted by atomic mass is 32.1. The number of nitrogens with zero attached hydrogens (tertiary/aromatic N) is 5. The summed E-state index contributed by atoms with van der Waals surface area (Å²) in [5.41, 5.74) is 7.42. The minimum Gasteiger partial charge on any atom is -0.383 e. The van der Waals surface area contributed by atoms with Crippen molar-refractivity contribution in [2.45, 2.75) is 33.7 Å². The van der Waals surface area contributed by atoms with Gasteiger partial charge in [0.2, 0.25) is 5.91 Å². The molecule has 1 aliphatic heterocycles. The van der Waals surface area contributed by atoms with Gasteiger partial charge >= 0.3 is 0 Å². The lowest BCUT2D eigenvalue weighted by Crippen LogP contribution is -2.49. The number of anilines is 2. The van der Waals surface area contributed by atoms with E-state index >= 15 is 0 Å². The number of carbonyl (C=O) groups excluding carboxylic acids is 1. The SMILES string of the molecule is Cc1cc(NC(=O)CN2CCN(C(C)c3nc(N)c4c(C)c(C)sc4n3)CC2)no1. The second kappa shape index (κ2) is 8.29. The summed E-state index contributed by atoms with van der Waals surface area (Å²) in [6.45, 7) is 11.6. The van der Waals surface area contributed by atoms with Crippen molar-refractivity contribution >= 4 is 39.1 Å². The fourth-order valence-corrected chi connectivity index (χ4v) is 4.81. The Kier molecular flexibility index (Phi) is 5.72. The van der Waals surface area contributed by atoms with Gasteiger partial charge in [0.15, 0.2) is 5.82 Å². The van der Waals surface area contributed by atoms with Crippen LogP contribution in [0, 0.1) is 20.8 Å². The van der Waals surface area contributed by atoms with Crippen LogP contribution in [-0.2, 0) is 4.79 Å². The smallest absolute Gasteiger partial charge is 0.239 e. The summed E-state index contributed by atoms with van der Waals surface area (Å²) < 4.78 is 4.98. The monoisotopic (exact) mass is 429 g/mol. The largest absolute Gasteiger partial charge is 0.383 e. The number of nitrogens with one attached hydrogen (secondary N) is 1. The van der Waals surface area contributed by atoms with Gasteiger partial charge in [-0.2, -0.15) is 0 Å². The van der Waals surface area contributed by atoms with Crippen LogP contribution in [0.3, 0.4) is 0 Å². The van der Waals surface area contributed by atoms with Crippen LogP contribution >= 0.6 is 11.3 Å². The molecule has 10 heteroatoms. The van der Waals surface area contributed by atoms with Crippen LogP contribution in [-0.4, -0.2) is 63.6 Å². The van der Waals surface area contributed by atoms with Crippen LogP contribution in [0.25, 0.3) is 10.2 Å². The molecule has 0 bridgehead atoms. The predicted molar refractivity (Wildman–Crippen MR) is 118 cm³/mol.